The van der Waals surface area contributed by atoms with Gasteiger partial charge in [-0.15, -0.1) is 0 Å². The summed E-state index contributed by atoms with van der Waals surface area (Å²) in [6.45, 7) is 5.48. The second-order valence-electron chi connectivity index (χ2n) is 9.47. The highest BCUT2D eigenvalue weighted by atomic mass is 16.2. The van der Waals surface area contributed by atoms with Crippen molar-refractivity contribution in [3.05, 3.63) is 46.8 Å². The first-order valence-corrected chi connectivity index (χ1v) is 11.1. The molecule has 1 aromatic carbocycles. The van der Waals surface area contributed by atoms with Crippen molar-refractivity contribution in [3.8, 4) is 0 Å². The number of nitrogens with zero attached hydrogens (tertiary/aromatic N) is 4. The highest BCUT2D eigenvalue weighted by Crippen LogP contribution is 2.44. The molecule has 5 rings (SSSR count). The van der Waals surface area contributed by atoms with Gasteiger partial charge in [0.2, 0.25) is 0 Å². The minimum absolute atomic E-state index is 0.0440. The lowest BCUT2D eigenvalue weighted by Crippen LogP contribution is -2.46. The fourth-order valence-corrected chi connectivity index (χ4v) is 5.33. The van der Waals surface area contributed by atoms with Crippen molar-refractivity contribution in [1.82, 2.24) is 14.7 Å². The zero-order valence-corrected chi connectivity index (χ0v) is 18.4. The van der Waals surface area contributed by atoms with Gasteiger partial charge in [-0.3, -0.25) is 19.3 Å². The van der Waals surface area contributed by atoms with Crippen LogP contribution in [0, 0.1) is 5.41 Å². The molecule has 3 aliphatic rings. The minimum atomic E-state index is -0.0440. The van der Waals surface area contributed by atoms with E-state index < -0.39 is 0 Å². The quantitative estimate of drug-likeness (QED) is 0.808. The predicted molar refractivity (Wildman–Crippen MR) is 120 cm³/mol. The maximum atomic E-state index is 13.2. The number of aromatic nitrogens is 2. The number of hydrogen-bond acceptors (Lipinski definition) is 4. The number of carbonyl (C=O) groups excluding carboxylic acids is 2. The van der Waals surface area contributed by atoms with E-state index in [1.54, 1.807) is 7.05 Å². The molecule has 0 unspecified atom stereocenters. The van der Waals surface area contributed by atoms with Gasteiger partial charge < -0.3 is 10.2 Å². The smallest absolute Gasteiger partial charge is 0.253 e. The third kappa shape index (κ3) is 3.36. The van der Waals surface area contributed by atoms with Crippen LogP contribution in [0.1, 0.15) is 71.1 Å². The lowest BCUT2D eigenvalue weighted by Gasteiger charge is -2.43. The first kappa shape index (κ1) is 20.0. The SMILES string of the molecule is CN=C1Cc2ccc(C(=O)N3CCC4(CC3)CC(=O)c3c(cnn3C(C)C)C4)cc2N1. The number of carbonyl (C=O) groups is 2. The second-order valence-corrected chi connectivity index (χ2v) is 9.47. The van der Waals surface area contributed by atoms with E-state index in [4.69, 9.17) is 0 Å². The van der Waals surface area contributed by atoms with Crippen LogP contribution < -0.4 is 5.32 Å². The van der Waals surface area contributed by atoms with Crippen molar-refractivity contribution in [1.29, 1.82) is 0 Å². The van der Waals surface area contributed by atoms with Crippen molar-refractivity contribution in [2.24, 2.45) is 10.4 Å². The lowest BCUT2D eigenvalue weighted by molar-refractivity contribution is 0.0517. The number of anilines is 1. The van der Waals surface area contributed by atoms with E-state index >= 15 is 0 Å². The van der Waals surface area contributed by atoms with Crippen LogP contribution in [0.2, 0.25) is 0 Å². The first-order valence-electron chi connectivity index (χ1n) is 11.1. The van der Waals surface area contributed by atoms with Crippen LogP contribution in [0.15, 0.2) is 29.4 Å². The van der Waals surface area contributed by atoms with Crippen LogP contribution in [-0.2, 0) is 12.8 Å². The van der Waals surface area contributed by atoms with Gasteiger partial charge in [0.15, 0.2) is 5.78 Å². The van der Waals surface area contributed by atoms with E-state index in [0.29, 0.717) is 25.1 Å². The van der Waals surface area contributed by atoms with Crippen molar-refractivity contribution in [2.45, 2.75) is 52.0 Å². The maximum Gasteiger partial charge on any atom is 0.253 e. The molecule has 1 N–H and O–H groups in total. The van der Waals surface area contributed by atoms with E-state index in [2.05, 4.69) is 29.3 Å². The fourth-order valence-electron chi connectivity index (χ4n) is 5.33. The van der Waals surface area contributed by atoms with E-state index in [0.717, 1.165) is 48.5 Å². The Kier molecular flexibility index (Phi) is 4.72. The Labute approximate surface area is 182 Å². The Balaban J connectivity index is 1.29. The summed E-state index contributed by atoms with van der Waals surface area (Å²) < 4.78 is 1.86. The van der Waals surface area contributed by atoms with Crippen LogP contribution in [0.25, 0.3) is 0 Å². The number of amides is 1. The van der Waals surface area contributed by atoms with Crippen molar-refractivity contribution >= 4 is 23.2 Å². The zero-order valence-electron chi connectivity index (χ0n) is 18.4. The molecule has 31 heavy (non-hydrogen) atoms. The summed E-state index contributed by atoms with van der Waals surface area (Å²) in [5, 5.41) is 7.75. The molecule has 7 nitrogen and oxygen atoms in total. The number of hydrogen-bond donors (Lipinski definition) is 1. The third-order valence-corrected chi connectivity index (χ3v) is 7.10. The Morgan fingerprint density at radius 2 is 1.97 bits per heavy atom. The van der Waals surface area contributed by atoms with Crippen molar-refractivity contribution < 1.29 is 9.59 Å². The average Bonchev–Trinajstić information content (AvgIpc) is 3.37. The molecule has 1 amide bonds. The normalized spacial score (nSPS) is 20.8. The van der Waals surface area contributed by atoms with Gasteiger partial charge in [0.1, 0.15) is 11.5 Å². The molecule has 2 aromatic rings. The topological polar surface area (TPSA) is 79.6 Å². The van der Waals surface area contributed by atoms with Crippen LogP contribution >= 0.6 is 0 Å². The molecule has 2 aliphatic heterocycles. The van der Waals surface area contributed by atoms with Crippen LogP contribution in [0.3, 0.4) is 0 Å². The molecule has 1 fully saturated rings. The molecule has 0 radical (unpaired) electrons. The van der Waals surface area contributed by atoms with Gasteiger partial charge in [0.05, 0.1) is 6.20 Å². The molecule has 1 aliphatic carbocycles. The number of Topliss-reactive ketones (excluding diaryl/α,β-unsaturated/α-hetero) is 1. The fraction of sp³-hybridized carbons (Fsp3) is 0.500. The average molecular weight is 420 g/mol. The molecule has 0 bridgehead atoms. The van der Waals surface area contributed by atoms with Gasteiger partial charge in [0, 0.05) is 55.8 Å². The molecule has 1 spiro atoms. The van der Waals surface area contributed by atoms with Crippen LogP contribution in [0.5, 0.6) is 0 Å². The van der Waals surface area contributed by atoms with Gasteiger partial charge >= 0.3 is 0 Å². The van der Waals surface area contributed by atoms with E-state index in [1.807, 2.05) is 34.0 Å². The molecule has 7 heteroatoms. The van der Waals surface area contributed by atoms with Crippen LogP contribution in [0.4, 0.5) is 5.69 Å². The summed E-state index contributed by atoms with van der Waals surface area (Å²) >= 11 is 0. The third-order valence-electron chi connectivity index (χ3n) is 7.10. The monoisotopic (exact) mass is 419 g/mol. The lowest BCUT2D eigenvalue weighted by atomic mass is 9.67. The molecule has 0 atom stereocenters. The minimum Gasteiger partial charge on any atom is -0.344 e. The standard InChI is InChI=1S/C24H29N5O2/c1-15(2)29-22-18(14-26-29)12-24(13-20(22)30)6-8-28(9-7-24)23(31)17-5-4-16-11-21(25-3)27-19(16)10-17/h4-5,10,14-15H,6-9,11-13H2,1-3H3,(H,25,27). The molecule has 1 aromatic heterocycles. The summed E-state index contributed by atoms with van der Waals surface area (Å²) in [6.07, 6.45) is 5.80. The molecule has 0 saturated carbocycles. The number of rotatable bonds is 2. The summed E-state index contributed by atoms with van der Waals surface area (Å²) in [7, 11) is 1.77. The zero-order chi connectivity index (χ0) is 21.8. The molecule has 3 heterocycles. The van der Waals surface area contributed by atoms with Gasteiger partial charge in [-0.1, -0.05) is 6.07 Å². The van der Waals surface area contributed by atoms with Crippen LogP contribution in [-0.4, -0.2) is 52.3 Å². The van der Waals surface area contributed by atoms with E-state index in [-0.39, 0.29) is 23.1 Å². The number of benzene rings is 1. The summed E-state index contributed by atoms with van der Waals surface area (Å²) in [5.41, 5.74) is 4.68. The first-order chi connectivity index (χ1) is 14.9. The number of likely N-dealkylation sites (tertiary alicyclic amines) is 1. The Hall–Kier alpha value is -2.96. The number of aliphatic imine (C=N–C) groups is 1. The van der Waals surface area contributed by atoms with Gasteiger partial charge in [-0.25, -0.2) is 0 Å². The second kappa shape index (κ2) is 7.32. The molecular weight excluding hydrogens is 390 g/mol. The predicted octanol–water partition coefficient (Wildman–Crippen LogP) is 3.51. The Bertz CT molecular complexity index is 1090. The largest absolute Gasteiger partial charge is 0.344 e. The Morgan fingerprint density at radius 1 is 1.19 bits per heavy atom. The number of piperidine rings is 1. The molecular formula is C24H29N5O2. The van der Waals surface area contributed by atoms with Gasteiger partial charge in [0.25, 0.3) is 5.91 Å². The molecule has 162 valence electrons. The maximum absolute atomic E-state index is 13.2. The molecule has 1 saturated heterocycles. The van der Waals surface area contributed by atoms with Crippen molar-refractivity contribution in [3.63, 3.8) is 0 Å². The Morgan fingerprint density at radius 3 is 2.68 bits per heavy atom. The number of ketones is 1. The van der Waals surface area contributed by atoms with Gasteiger partial charge in [-0.05, 0) is 56.2 Å². The number of fused-ring (bicyclic) bond motifs is 2. The van der Waals surface area contributed by atoms with Crippen molar-refractivity contribution in [2.75, 3.05) is 25.5 Å². The van der Waals surface area contributed by atoms with E-state index in [9.17, 15) is 9.59 Å². The highest BCUT2D eigenvalue weighted by Gasteiger charge is 2.43. The van der Waals surface area contributed by atoms with Gasteiger partial charge in [-0.2, -0.15) is 5.10 Å². The van der Waals surface area contributed by atoms with E-state index in [1.165, 1.54) is 5.56 Å². The summed E-state index contributed by atoms with van der Waals surface area (Å²) in [4.78, 5) is 32.3. The highest BCUT2D eigenvalue weighted by molar-refractivity contribution is 6.05. The number of nitrogens with one attached hydrogen (secondary N) is 1. The summed E-state index contributed by atoms with van der Waals surface area (Å²) in [6, 6.07) is 6.06. The summed E-state index contributed by atoms with van der Waals surface area (Å²) in [5.74, 6) is 1.20. The number of amidine groups is 1.